The summed E-state index contributed by atoms with van der Waals surface area (Å²) in [5.74, 6) is 0.550. The predicted octanol–water partition coefficient (Wildman–Crippen LogP) is 2.04. The van der Waals surface area contributed by atoms with Crippen LogP contribution in [0.5, 0.6) is 0 Å². The molecule has 0 aliphatic carbocycles. The molecular weight excluding hydrogens is 396 g/mol. The average Bonchev–Trinajstić information content (AvgIpc) is 3.38. The van der Waals surface area contributed by atoms with Gasteiger partial charge >= 0.3 is 0 Å². The first-order chi connectivity index (χ1) is 15.1. The lowest BCUT2D eigenvalue weighted by Gasteiger charge is -2.41. The number of pyridine rings is 1. The van der Waals surface area contributed by atoms with Crippen molar-refractivity contribution in [3.63, 3.8) is 0 Å². The molecule has 4 heterocycles. The van der Waals surface area contributed by atoms with E-state index in [-0.39, 0.29) is 11.3 Å². The minimum absolute atomic E-state index is 0.213. The number of nitrogens with one attached hydrogen (secondary N) is 1. The number of rotatable bonds is 6. The summed E-state index contributed by atoms with van der Waals surface area (Å²) in [5.41, 5.74) is 2.74. The summed E-state index contributed by atoms with van der Waals surface area (Å²) in [6.45, 7) is 1.15. The highest BCUT2D eigenvalue weighted by Crippen LogP contribution is 2.36. The number of hydrogen-bond donors (Lipinski definition) is 1. The Labute approximate surface area is 177 Å². The molecule has 1 N–H and O–H groups in total. The number of anilines is 1. The van der Waals surface area contributed by atoms with Gasteiger partial charge in [-0.2, -0.15) is 0 Å². The summed E-state index contributed by atoms with van der Waals surface area (Å²) in [4.78, 5) is 28.5. The zero-order valence-corrected chi connectivity index (χ0v) is 16.9. The predicted molar refractivity (Wildman–Crippen MR) is 112 cm³/mol. The van der Waals surface area contributed by atoms with Gasteiger partial charge in [0.1, 0.15) is 17.8 Å². The van der Waals surface area contributed by atoms with Crippen LogP contribution in [0.3, 0.4) is 0 Å². The minimum atomic E-state index is -0.329. The van der Waals surface area contributed by atoms with Crippen molar-refractivity contribution in [3.05, 3.63) is 77.8 Å². The quantitative estimate of drug-likeness (QED) is 0.483. The van der Waals surface area contributed by atoms with Gasteiger partial charge in [-0.05, 0) is 23.8 Å². The third-order valence-electron chi connectivity index (χ3n) is 5.68. The molecule has 1 amide bonds. The second kappa shape index (κ2) is 7.44. The fourth-order valence-corrected chi connectivity index (χ4v) is 3.90. The van der Waals surface area contributed by atoms with Gasteiger partial charge in [0.25, 0.3) is 5.91 Å². The summed E-state index contributed by atoms with van der Waals surface area (Å²) < 4.78 is 9.12. The van der Waals surface area contributed by atoms with Crippen LogP contribution in [0.1, 0.15) is 32.1 Å². The average molecular weight is 416 g/mol. The lowest BCUT2D eigenvalue weighted by Crippen LogP contribution is -2.49. The van der Waals surface area contributed by atoms with Crippen molar-refractivity contribution in [2.75, 3.05) is 18.5 Å². The molecule has 0 atom stereocenters. The van der Waals surface area contributed by atoms with E-state index in [0.29, 0.717) is 48.4 Å². The fourth-order valence-electron chi connectivity index (χ4n) is 3.90. The number of aryl methyl sites for hydroxylation is 1. The lowest BCUT2D eigenvalue weighted by molar-refractivity contribution is -0.0610. The number of benzene rings is 1. The third-order valence-corrected chi connectivity index (χ3v) is 5.68. The number of nitrogens with zero attached hydrogens (tertiary/aromatic N) is 5. The molecule has 4 aromatic rings. The Morgan fingerprint density at radius 2 is 2.19 bits per heavy atom. The van der Waals surface area contributed by atoms with E-state index in [1.54, 1.807) is 35.4 Å². The molecule has 0 unspecified atom stereocenters. The number of amides is 1. The van der Waals surface area contributed by atoms with Crippen molar-refractivity contribution >= 4 is 23.5 Å². The van der Waals surface area contributed by atoms with Crippen molar-refractivity contribution in [2.24, 2.45) is 7.05 Å². The fraction of sp³-hybridized carbons (Fsp3) is 0.227. The van der Waals surface area contributed by atoms with E-state index in [4.69, 9.17) is 4.74 Å². The summed E-state index contributed by atoms with van der Waals surface area (Å²) in [7, 11) is 1.92. The lowest BCUT2D eigenvalue weighted by atomic mass is 9.75. The van der Waals surface area contributed by atoms with Crippen molar-refractivity contribution in [1.29, 1.82) is 0 Å². The maximum absolute atomic E-state index is 13.0. The van der Waals surface area contributed by atoms with Gasteiger partial charge in [-0.15, -0.1) is 10.2 Å². The van der Waals surface area contributed by atoms with Crippen LogP contribution in [0.15, 0.2) is 55.2 Å². The van der Waals surface area contributed by atoms with Gasteiger partial charge in [0, 0.05) is 48.7 Å². The maximum Gasteiger partial charge on any atom is 0.259 e. The minimum Gasteiger partial charge on any atom is -0.379 e. The highest BCUT2D eigenvalue weighted by molar-refractivity contribution is 6.09. The molecule has 1 fully saturated rings. The molecule has 3 aromatic heterocycles. The number of carbonyl (C=O) groups is 2. The molecule has 1 saturated heterocycles. The zero-order chi connectivity index (χ0) is 21.4. The van der Waals surface area contributed by atoms with E-state index < -0.39 is 0 Å². The smallest absolute Gasteiger partial charge is 0.259 e. The second-order valence-corrected chi connectivity index (χ2v) is 7.81. The Hall–Kier alpha value is -3.85. The van der Waals surface area contributed by atoms with Gasteiger partial charge in [-0.1, -0.05) is 12.1 Å². The Bertz CT molecular complexity index is 1290. The Morgan fingerprint density at radius 1 is 1.32 bits per heavy atom. The van der Waals surface area contributed by atoms with Crippen molar-refractivity contribution in [1.82, 2.24) is 24.1 Å². The molecule has 31 heavy (non-hydrogen) atoms. The van der Waals surface area contributed by atoms with Crippen LogP contribution < -0.4 is 5.32 Å². The summed E-state index contributed by atoms with van der Waals surface area (Å²) in [6.07, 6.45) is 8.02. The number of carbonyl (C=O) groups excluding carboxylic acids is 2. The van der Waals surface area contributed by atoms with E-state index >= 15 is 0 Å². The number of hydrogen-bond acceptors (Lipinski definition) is 6. The molecule has 0 spiro atoms. The number of ether oxygens (including phenoxy) is 1. The molecule has 1 aliphatic heterocycles. The van der Waals surface area contributed by atoms with E-state index in [9.17, 15) is 9.59 Å². The standard InChI is InChI=1S/C22H20N6O3/c1-27-14-24-26-19(27)9-22(12-31-13-22)16-3-2-4-17(8-16)25-21(30)18-7-15(11-29)10-28-6-5-23-20(18)28/h2-8,10-11,14H,9,12-13H2,1H3,(H,25,30). The van der Waals surface area contributed by atoms with Crippen LogP contribution in [-0.4, -0.2) is 49.6 Å². The number of imidazole rings is 1. The molecule has 9 nitrogen and oxygen atoms in total. The first-order valence-electron chi connectivity index (χ1n) is 9.82. The molecule has 9 heteroatoms. The third kappa shape index (κ3) is 3.38. The molecule has 1 aliphatic rings. The van der Waals surface area contributed by atoms with E-state index in [0.717, 1.165) is 11.4 Å². The van der Waals surface area contributed by atoms with Crippen LogP contribution in [-0.2, 0) is 23.6 Å². The maximum atomic E-state index is 13.0. The molecule has 156 valence electrons. The van der Waals surface area contributed by atoms with Crippen LogP contribution in [0.25, 0.3) is 5.65 Å². The summed E-state index contributed by atoms with van der Waals surface area (Å²) >= 11 is 0. The Kier molecular flexibility index (Phi) is 4.59. The SMILES string of the molecule is Cn1cnnc1CC1(c2cccc(NC(=O)c3cc(C=O)cn4ccnc34)c2)COC1. The normalized spacial score (nSPS) is 14.9. The topological polar surface area (TPSA) is 103 Å². The van der Waals surface area contributed by atoms with Gasteiger partial charge in [0.05, 0.1) is 18.8 Å². The summed E-state index contributed by atoms with van der Waals surface area (Å²) in [6, 6.07) is 9.29. The van der Waals surface area contributed by atoms with Crippen LogP contribution in [0.4, 0.5) is 5.69 Å². The van der Waals surface area contributed by atoms with Gasteiger partial charge in [-0.3, -0.25) is 9.59 Å². The largest absolute Gasteiger partial charge is 0.379 e. The van der Waals surface area contributed by atoms with Crippen LogP contribution in [0.2, 0.25) is 0 Å². The Morgan fingerprint density at radius 3 is 2.90 bits per heavy atom. The van der Waals surface area contributed by atoms with Gasteiger partial charge in [-0.25, -0.2) is 4.98 Å². The first kappa shape index (κ1) is 19.1. The van der Waals surface area contributed by atoms with Crippen molar-refractivity contribution in [3.8, 4) is 0 Å². The van der Waals surface area contributed by atoms with E-state index in [1.807, 2.05) is 35.9 Å². The number of fused-ring (bicyclic) bond motifs is 1. The second-order valence-electron chi connectivity index (χ2n) is 7.81. The Balaban J connectivity index is 1.43. The highest BCUT2D eigenvalue weighted by atomic mass is 16.5. The number of aldehydes is 1. The highest BCUT2D eigenvalue weighted by Gasteiger charge is 2.41. The van der Waals surface area contributed by atoms with Crippen LogP contribution >= 0.6 is 0 Å². The molecule has 0 radical (unpaired) electrons. The van der Waals surface area contributed by atoms with Gasteiger partial charge < -0.3 is 19.0 Å². The molecular formula is C22H20N6O3. The van der Waals surface area contributed by atoms with E-state index in [2.05, 4.69) is 20.5 Å². The molecule has 0 bridgehead atoms. The summed E-state index contributed by atoms with van der Waals surface area (Å²) in [5, 5.41) is 11.1. The zero-order valence-electron chi connectivity index (χ0n) is 16.9. The van der Waals surface area contributed by atoms with Gasteiger partial charge in [0.15, 0.2) is 6.29 Å². The first-order valence-corrected chi connectivity index (χ1v) is 9.82. The van der Waals surface area contributed by atoms with Crippen molar-refractivity contribution < 1.29 is 14.3 Å². The van der Waals surface area contributed by atoms with E-state index in [1.165, 1.54) is 0 Å². The molecule has 5 rings (SSSR count). The van der Waals surface area contributed by atoms with Gasteiger partial charge in [0.2, 0.25) is 0 Å². The molecule has 0 saturated carbocycles. The van der Waals surface area contributed by atoms with Crippen LogP contribution in [0, 0.1) is 0 Å². The number of aromatic nitrogens is 5. The molecule has 1 aromatic carbocycles. The van der Waals surface area contributed by atoms with Crippen molar-refractivity contribution in [2.45, 2.75) is 11.8 Å². The monoisotopic (exact) mass is 416 g/mol.